The van der Waals surface area contributed by atoms with E-state index in [1.165, 1.54) is 0 Å². The van der Waals surface area contributed by atoms with Gasteiger partial charge in [-0.05, 0) is 31.7 Å². The lowest BCUT2D eigenvalue weighted by Gasteiger charge is -2.11. The van der Waals surface area contributed by atoms with Crippen LogP contribution in [0.2, 0.25) is 0 Å². The van der Waals surface area contributed by atoms with Crippen molar-refractivity contribution in [1.82, 2.24) is 16.0 Å². The van der Waals surface area contributed by atoms with E-state index in [0.717, 1.165) is 5.56 Å². The molecule has 5 heteroatoms. The fourth-order valence-electron chi connectivity index (χ4n) is 1.39. The number of hydrogen-bond acceptors (Lipinski definition) is 3. The third-order valence-corrected chi connectivity index (χ3v) is 2.74. The lowest BCUT2D eigenvalue weighted by atomic mass is 10.1. The molecule has 1 aromatic carbocycles. The molecule has 1 aromatic rings. The van der Waals surface area contributed by atoms with Crippen LogP contribution in [0.25, 0.3) is 0 Å². The summed E-state index contributed by atoms with van der Waals surface area (Å²) in [6.07, 6.45) is 0. The van der Waals surface area contributed by atoms with Gasteiger partial charge in [0.25, 0.3) is 5.91 Å². The van der Waals surface area contributed by atoms with E-state index in [9.17, 15) is 9.59 Å². The minimum Gasteiger partial charge on any atom is -0.355 e. The zero-order chi connectivity index (χ0) is 13.5. The topological polar surface area (TPSA) is 70.2 Å². The van der Waals surface area contributed by atoms with E-state index in [4.69, 9.17) is 0 Å². The van der Waals surface area contributed by atoms with E-state index in [1.54, 1.807) is 33.2 Å². The van der Waals surface area contributed by atoms with Crippen LogP contribution in [0.1, 0.15) is 22.8 Å². The summed E-state index contributed by atoms with van der Waals surface area (Å²) in [5.74, 6) is -0.165. The number of amides is 2. The molecule has 0 saturated heterocycles. The molecule has 3 N–H and O–H groups in total. The first kappa shape index (κ1) is 14.2. The van der Waals surface area contributed by atoms with E-state index >= 15 is 0 Å². The van der Waals surface area contributed by atoms with E-state index in [2.05, 4.69) is 16.0 Å². The maximum absolute atomic E-state index is 11.5. The minimum atomic E-state index is -0.213. The van der Waals surface area contributed by atoms with Crippen molar-refractivity contribution in [3.63, 3.8) is 0 Å². The summed E-state index contributed by atoms with van der Waals surface area (Å²) in [5, 5.41) is 8.23. The molecule has 1 rings (SSSR count). The highest BCUT2D eigenvalue weighted by molar-refractivity contribution is 5.93. The predicted molar refractivity (Wildman–Crippen MR) is 70.2 cm³/mol. The van der Waals surface area contributed by atoms with E-state index in [0.29, 0.717) is 12.1 Å². The monoisotopic (exact) mass is 249 g/mol. The summed E-state index contributed by atoms with van der Waals surface area (Å²) < 4.78 is 0. The maximum atomic E-state index is 11.5. The van der Waals surface area contributed by atoms with Gasteiger partial charge in [0, 0.05) is 19.2 Å². The van der Waals surface area contributed by atoms with Gasteiger partial charge in [-0.15, -0.1) is 0 Å². The molecule has 0 aromatic heterocycles. The summed E-state index contributed by atoms with van der Waals surface area (Å²) in [7, 11) is 3.33. The predicted octanol–water partition coefficient (Wildman–Crippen LogP) is 0.270. The Bertz CT molecular complexity index is 415. The Morgan fingerprint density at radius 1 is 1.17 bits per heavy atom. The van der Waals surface area contributed by atoms with Crippen LogP contribution in [0.15, 0.2) is 24.3 Å². The van der Waals surface area contributed by atoms with Crippen LogP contribution in [-0.4, -0.2) is 32.0 Å². The maximum Gasteiger partial charge on any atom is 0.251 e. The average molecular weight is 249 g/mol. The van der Waals surface area contributed by atoms with Crippen molar-refractivity contribution in [2.24, 2.45) is 0 Å². The van der Waals surface area contributed by atoms with Crippen LogP contribution < -0.4 is 16.0 Å². The second-order valence-electron chi connectivity index (χ2n) is 4.00. The average Bonchev–Trinajstić information content (AvgIpc) is 2.43. The SMILES string of the molecule is CNC(=O)c1ccc(CNC(=O)C(C)NC)cc1. The smallest absolute Gasteiger partial charge is 0.251 e. The molecule has 2 amide bonds. The highest BCUT2D eigenvalue weighted by Gasteiger charge is 2.09. The molecule has 0 aliphatic heterocycles. The quantitative estimate of drug-likeness (QED) is 0.701. The third kappa shape index (κ3) is 3.85. The number of benzene rings is 1. The van der Waals surface area contributed by atoms with Crippen molar-refractivity contribution in [1.29, 1.82) is 0 Å². The number of rotatable bonds is 5. The Morgan fingerprint density at radius 2 is 1.78 bits per heavy atom. The van der Waals surface area contributed by atoms with Gasteiger partial charge in [0.2, 0.25) is 5.91 Å². The lowest BCUT2D eigenvalue weighted by molar-refractivity contribution is -0.122. The molecule has 0 fully saturated rings. The summed E-state index contributed by atoms with van der Waals surface area (Å²) in [4.78, 5) is 22.9. The number of likely N-dealkylation sites (N-methyl/N-ethyl adjacent to an activating group) is 1. The highest BCUT2D eigenvalue weighted by atomic mass is 16.2. The zero-order valence-corrected chi connectivity index (χ0v) is 10.9. The first-order chi connectivity index (χ1) is 8.58. The number of carbonyl (C=O) groups is 2. The Kier molecular flexibility index (Phi) is 5.32. The Labute approximate surface area is 107 Å². The molecule has 0 aliphatic rings. The molecule has 1 unspecified atom stereocenters. The summed E-state index contributed by atoms with van der Waals surface area (Å²) >= 11 is 0. The Balaban J connectivity index is 2.54. The molecular weight excluding hydrogens is 230 g/mol. The minimum absolute atomic E-state index is 0.0483. The number of carbonyl (C=O) groups excluding carboxylic acids is 2. The number of nitrogens with one attached hydrogen (secondary N) is 3. The van der Waals surface area contributed by atoms with Crippen molar-refractivity contribution in [2.75, 3.05) is 14.1 Å². The molecule has 98 valence electrons. The molecule has 0 radical (unpaired) electrons. The van der Waals surface area contributed by atoms with Gasteiger partial charge in [-0.25, -0.2) is 0 Å². The highest BCUT2D eigenvalue weighted by Crippen LogP contribution is 2.04. The van der Waals surface area contributed by atoms with Gasteiger partial charge in [-0.2, -0.15) is 0 Å². The Hall–Kier alpha value is -1.88. The van der Waals surface area contributed by atoms with Crippen LogP contribution in [0, 0.1) is 0 Å². The first-order valence-electron chi connectivity index (χ1n) is 5.84. The summed E-state index contributed by atoms with van der Waals surface area (Å²) in [6.45, 7) is 2.25. The van der Waals surface area contributed by atoms with Gasteiger partial charge >= 0.3 is 0 Å². The van der Waals surface area contributed by atoms with E-state index < -0.39 is 0 Å². The van der Waals surface area contributed by atoms with Gasteiger partial charge in [-0.1, -0.05) is 12.1 Å². The van der Waals surface area contributed by atoms with Crippen LogP contribution in [0.5, 0.6) is 0 Å². The molecule has 0 spiro atoms. The number of hydrogen-bond donors (Lipinski definition) is 3. The summed E-state index contributed by atoms with van der Waals surface area (Å²) in [6, 6.07) is 6.92. The van der Waals surface area contributed by atoms with Crippen molar-refractivity contribution >= 4 is 11.8 Å². The second kappa shape index (κ2) is 6.76. The molecule has 18 heavy (non-hydrogen) atoms. The van der Waals surface area contributed by atoms with Crippen molar-refractivity contribution in [3.8, 4) is 0 Å². The molecule has 0 saturated carbocycles. The Morgan fingerprint density at radius 3 is 2.28 bits per heavy atom. The van der Waals surface area contributed by atoms with E-state index in [-0.39, 0.29) is 17.9 Å². The molecule has 0 aliphatic carbocycles. The molecular formula is C13H19N3O2. The molecule has 5 nitrogen and oxygen atoms in total. The van der Waals surface area contributed by atoms with Gasteiger partial charge in [0.05, 0.1) is 6.04 Å². The van der Waals surface area contributed by atoms with Gasteiger partial charge in [0.15, 0.2) is 0 Å². The van der Waals surface area contributed by atoms with Gasteiger partial charge in [-0.3, -0.25) is 9.59 Å². The van der Waals surface area contributed by atoms with Crippen LogP contribution in [-0.2, 0) is 11.3 Å². The molecule has 0 bridgehead atoms. The van der Waals surface area contributed by atoms with E-state index in [1.807, 2.05) is 12.1 Å². The molecule has 1 atom stereocenters. The van der Waals surface area contributed by atoms with Gasteiger partial charge < -0.3 is 16.0 Å². The zero-order valence-electron chi connectivity index (χ0n) is 10.9. The van der Waals surface area contributed by atoms with Crippen molar-refractivity contribution in [2.45, 2.75) is 19.5 Å². The second-order valence-corrected chi connectivity index (χ2v) is 4.00. The van der Waals surface area contributed by atoms with Crippen LogP contribution in [0.3, 0.4) is 0 Å². The first-order valence-corrected chi connectivity index (χ1v) is 5.84. The largest absolute Gasteiger partial charge is 0.355 e. The van der Waals surface area contributed by atoms with Crippen molar-refractivity contribution < 1.29 is 9.59 Å². The normalized spacial score (nSPS) is 11.7. The molecule has 0 heterocycles. The van der Waals surface area contributed by atoms with Crippen LogP contribution >= 0.6 is 0 Å². The summed E-state index contributed by atoms with van der Waals surface area (Å²) in [5.41, 5.74) is 1.57. The van der Waals surface area contributed by atoms with Crippen LogP contribution in [0.4, 0.5) is 0 Å². The standard InChI is InChI=1S/C13H19N3O2/c1-9(14-2)12(17)16-8-10-4-6-11(7-5-10)13(18)15-3/h4-7,9,14H,8H2,1-3H3,(H,15,18)(H,16,17). The fourth-order valence-corrected chi connectivity index (χ4v) is 1.39. The van der Waals surface area contributed by atoms with Gasteiger partial charge in [0.1, 0.15) is 0 Å². The van der Waals surface area contributed by atoms with Crippen molar-refractivity contribution in [3.05, 3.63) is 35.4 Å². The third-order valence-electron chi connectivity index (χ3n) is 2.74. The fraction of sp³-hybridized carbons (Fsp3) is 0.385. The lowest BCUT2D eigenvalue weighted by Crippen LogP contribution is -2.39.